The van der Waals surface area contributed by atoms with Gasteiger partial charge < -0.3 is 4.90 Å². The Labute approximate surface area is 111 Å². The van der Waals surface area contributed by atoms with Crippen LogP contribution in [0.25, 0.3) is 10.2 Å². The van der Waals surface area contributed by atoms with Crippen molar-refractivity contribution in [3.05, 3.63) is 17.3 Å². The molecule has 0 saturated heterocycles. The number of hydrogen-bond donors (Lipinski definition) is 0. The fourth-order valence-electron chi connectivity index (χ4n) is 1.92. The van der Waals surface area contributed by atoms with Crippen LogP contribution in [0, 0.1) is 24.2 Å². The maximum atomic E-state index is 8.94. The molecule has 4 nitrogen and oxygen atoms in total. The fraction of sp³-hybridized carbons (Fsp3) is 0.462. The van der Waals surface area contributed by atoms with Crippen molar-refractivity contribution in [3.8, 4) is 6.07 Å². The first kappa shape index (κ1) is 12.8. The molecule has 1 atom stereocenters. The van der Waals surface area contributed by atoms with E-state index in [1.165, 1.54) is 5.56 Å². The number of hydrogen-bond acceptors (Lipinski definition) is 5. The maximum absolute atomic E-state index is 8.94. The lowest BCUT2D eigenvalue weighted by Crippen LogP contribution is -2.28. The smallest absolute Gasteiger partial charge is 0.150 e. The van der Waals surface area contributed by atoms with E-state index in [4.69, 9.17) is 5.26 Å². The molecule has 0 saturated carbocycles. The maximum Gasteiger partial charge on any atom is 0.150 e. The van der Waals surface area contributed by atoms with Crippen molar-refractivity contribution >= 4 is 27.4 Å². The highest BCUT2D eigenvalue weighted by Crippen LogP contribution is 2.30. The second-order valence-electron chi connectivity index (χ2n) is 4.36. The van der Waals surface area contributed by atoms with E-state index in [9.17, 15) is 0 Å². The van der Waals surface area contributed by atoms with E-state index in [1.807, 2.05) is 6.92 Å². The Bertz CT molecular complexity index is 584. The molecule has 2 heterocycles. The molecule has 0 aliphatic rings. The van der Waals surface area contributed by atoms with Gasteiger partial charge in [-0.1, -0.05) is 0 Å². The van der Waals surface area contributed by atoms with Gasteiger partial charge >= 0.3 is 0 Å². The van der Waals surface area contributed by atoms with Gasteiger partial charge in [-0.15, -0.1) is 11.3 Å². The number of anilines is 1. The fourth-order valence-corrected chi connectivity index (χ4v) is 2.94. The number of aryl methyl sites for hydroxylation is 1. The van der Waals surface area contributed by atoms with Crippen LogP contribution in [0.4, 0.5) is 5.82 Å². The number of thiophene rings is 1. The molecule has 0 aliphatic carbocycles. The zero-order chi connectivity index (χ0) is 13.1. The molecule has 0 spiro atoms. The Balaban J connectivity index is 2.42. The third-order valence-corrected chi connectivity index (χ3v) is 3.99. The molecule has 0 aromatic carbocycles. The van der Waals surface area contributed by atoms with Crippen LogP contribution in [0.3, 0.4) is 0 Å². The molecule has 0 aliphatic heterocycles. The zero-order valence-corrected chi connectivity index (χ0v) is 11.7. The third kappa shape index (κ3) is 2.29. The molecule has 2 aromatic rings. The van der Waals surface area contributed by atoms with Crippen LogP contribution in [0.15, 0.2) is 11.7 Å². The monoisotopic (exact) mass is 260 g/mol. The van der Waals surface area contributed by atoms with Crippen LogP contribution in [0.1, 0.15) is 19.4 Å². The lowest BCUT2D eigenvalue weighted by molar-refractivity contribution is 0.681. The average molecular weight is 260 g/mol. The molecule has 0 N–H and O–H groups in total. The predicted octanol–water partition coefficient (Wildman–Crippen LogP) is 2.99. The van der Waals surface area contributed by atoms with Gasteiger partial charge in [-0.05, 0) is 31.7 Å². The Morgan fingerprint density at radius 2 is 2.28 bits per heavy atom. The van der Waals surface area contributed by atoms with E-state index in [2.05, 4.69) is 40.2 Å². The highest BCUT2D eigenvalue weighted by atomic mass is 32.1. The summed E-state index contributed by atoms with van der Waals surface area (Å²) in [5.74, 6) is 0.943. The minimum atomic E-state index is -0.00368. The Morgan fingerprint density at radius 3 is 2.94 bits per heavy atom. The Hall–Kier alpha value is -1.67. The molecule has 0 bridgehead atoms. The van der Waals surface area contributed by atoms with Crippen LogP contribution in [-0.2, 0) is 0 Å². The van der Waals surface area contributed by atoms with Crippen molar-refractivity contribution in [2.24, 2.45) is 5.92 Å². The number of nitriles is 1. The molecule has 2 aromatic heterocycles. The lowest BCUT2D eigenvalue weighted by Gasteiger charge is -2.23. The molecule has 5 heteroatoms. The van der Waals surface area contributed by atoms with Crippen molar-refractivity contribution in [1.82, 2.24) is 9.97 Å². The first-order valence-electron chi connectivity index (χ1n) is 6.00. The topological polar surface area (TPSA) is 52.8 Å². The van der Waals surface area contributed by atoms with Gasteiger partial charge in [0.15, 0.2) is 0 Å². The van der Waals surface area contributed by atoms with E-state index in [1.54, 1.807) is 17.7 Å². The van der Waals surface area contributed by atoms with Crippen molar-refractivity contribution in [2.75, 3.05) is 18.0 Å². The van der Waals surface area contributed by atoms with E-state index in [0.29, 0.717) is 6.54 Å². The second-order valence-corrected chi connectivity index (χ2v) is 5.24. The summed E-state index contributed by atoms with van der Waals surface area (Å²) in [6.07, 6.45) is 1.61. The summed E-state index contributed by atoms with van der Waals surface area (Å²) < 4.78 is 1.11. The predicted molar refractivity (Wildman–Crippen MR) is 74.8 cm³/mol. The Kier molecular flexibility index (Phi) is 3.78. The SMILES string of the molecule is CCN(CC(C)C#N)c1ncnc2c(C)csc12. The lowest BCUT2D eigenvalue weighted by atomic mass is 10.2. The summed E-state index contributed by atoms with van der Waals surface area (Å²) in [6, 6.07) is 2.27. The minimum absolute atomic E-state index is 0.00368. The second kappa shape index (κ2) is 5.32. The summed E-state index contributed by atoms with van der Waals surface area (Å²) in [5.41, 5.74) is 2.20. The van der Waals surface area contributed by atoms with Gasteiger partial charge in [-0.3, -0.25) is 0 Å². The molecule has 94 valence electrons. The summed E-state index contributed by atoms with van der Waals surface area (Å²) >= 11 is 1.67. The van der Waals surface area contributed by atoms with Crippen molar-refractivity contribution in [2.45, 2.75) is 20.8 Å². The molecule has 0 amide bonds. The van der Waals surface area contributed by atoms with Crippen LogP contribution in [0.5, 0.6) is 0 Å². The van der Waals surface area contributed by atoms with Crippen molar-refractivity contribution in [3.63, 3.8) is 0 Å². The van der Waals surface area contributed by atoms with E-state index in [-0.39, 0.29) is 5.92 Å². The van der Waals surface area contributed by atoms with Crippen molar-refractivity contribution in [1.29, 1.82) is 5.26 Å². The minimum Gasteiger partial charge on any atom is -0.354 e. The highest BCUT2D eigenvalue weighted by Gasteiger charge is 2.15. The van der Waals surface area contributed by atoms with E-state index in [0.717, 1.165) is 22.6 Å². The van der Waals surface area contributed by atoms with Gasteiger partial charge in [0.1, 0.15) is 12.1 Å². The first-order valence-corrected chi connectivity index (χ1v) is 6.88. The molecular weight excluding hydrogens is 244 g/mol. The van der Waals surface area contributed by atoms with Crippen LogP contribution in [0.2, 0.25) is 0 Å². The third-order valence-electron chi connectivity index (χ3n) is 2.91. The molecular formula is C13H16N4S. The summed E-state index contributed by atoms with van der Waals surface area (Å²) in [4.78, 5) is 10.9. The highest BCUT2D eigenvalue weighted by molar-refractivity contribution is 7.18. The molecule has 18 heavy (non-hydrogen) atoms. The summed E-state index contributed by atoms with van der Waals surface area (Å²) in [7, 11) is 0. The molecule has 1 unspecified atom stereocenters. The molecule has 2 rings (SSSR count). The number of nitrogens with zero attached hydrogens (tertiary/aromatic N) is 4. The molecule has 0 radical (unpaired) electrons. The number of rotatable bonds is 4. The first-order chi connectivity index (χ1) is 8.67. The summed E-state index contributed by atoms with van der Waals surface area (Å²) in [6.45, 7) is 7.62. The van der Waals surface area contributed by atoms with Gasteiger partial charge in [-0.2, -0.15) is 5.26 Å². The largest absolute Gasteiger partial charge is 0.354 e. The van der Waals surface area contributed by atoms with E-state index >= 15 is 0 Å². The quantitative estimate of drug-likeness (QED) is 0.848. The number of fused-ring (bicyclic) bond motifs is 1. The van der Waals surface area contributed by atoms with Crippen LogP contribution < -0.4 is 4.90 Å². The van der Waals surface area contributed by atoms with Crippen LogP contribution in [-0.4, -0.2) is 23.1 Å². The normalized spacial score (nSPS) is 12.3. The van der Waals surface area contributed by atoms with Gasteiger partial charge in [0.2, 0.25) is 0 Å². The van der Waals surface area contributed by atoms with Gasteiger partial charge in [0.05, 0.1) is 22.2 Å². The molecule has 0 fully saturated rings. The Morgan fingerprint density at radius 1 is 1.50 bits per heavy atom. The van der Waals surface area contributed by atoms with Gasteiger partial charge in [0, 0.05) is 13.1 Å². The average Bonchev–Trinajstić information content (AvgIpc) is 2.78. The van der Waals surface area contributed by atoms with E-state index < -0.39 is 0 Å². The summed E-state index contributed by atoms with van der Waals surface area (Å²) in [5, 5.41) is 11.0. The van der Waals surface area contributed by atoms with Gasteiger partial charge in [-0.25, -0.2) is 9.97 Å². The van der Waals surface area contributed by atoms with Crippen LogP contribution >= 0.6 is 11.3 Å². The standard InChI is InChI=1S/C13H16N4S/c1-4-17(6-9(2)5-14)13-12-11(15-8-16-13)10(3)7-18-12/h7-9H,4,6H2,1-3H3. The zero-order valence-electron chi connectivity index (χ0n) is 10.8. The number of aromatic nitrogens is 2. The van der Waals surface area contributed by atoms with Crippen molar-refractivity contribution < 1.29 is 0 Å². The van der Waals surface area contributed by atoms with Gasteiger partial charge in [0.25, 0.3) is 0 Å².